The normalized spacial score (nSPS) is 23.5. The average Bonchev–Trinajstić information content (AvgIpc) is 3.25. The zero-order valence-corrected chi connectivity index (χ0v) is 15.1. The van der Waals surface area contributed by atoms with Crippen molar-refractivity contribution in [1.29, 1.82) is 0 Å². The third kappa shape index (κ3) is 3.17. The molecule has 2 aromatic heterocycles. The van der Waals surface area contributed by atoms with E-state index < -0.39 is 0 Å². The summed E-state index contributed by atoms with van der Waals surface area (Å²) in [5.41, 5.74) is 3.36. The topological polar surface area (TPSA) is 63.9 Å². The van der Waals surface area contributed by atoms with Gasteiger partial charge in [-0.3, -0.25) is 9.48 Å². The molecule has 3 unspecified atom stereocenters. The van der Waals surface area contributed by atoms with Crippen molar-refractivity contribution in [3.05, 3.63) is 41.2 Å². The first-order chi connectivity index (χ1) is 12.0. The van der Waals surface area contributed by atoms with E-state index in [0.717, 1.165) is 35.7 Å². The van der Waals surface area contributed by atoms with E-state index in [1.54, 1.807) is 4.90 Å². The smallest absolute Gasteiger partial charge is 0.244 e. The summed E-state index contributed by atoms with van der Waals surface area (Å²) in [6.45, 7) is 5.38. The van der Waals surface area contributed by atoms with E-state index in [-0.39, 0.29) is 5.91 Å². The number of hydrogen-bond donors (Lipinski definition) is 0. The van der Waals surface area contributed by atoms with E-state index in [1.165, 1.54) is 6.42 Å². The molecule has 132 valence electrons. The summed E-state index contributed by atoms with van der Waals surface area (Å²) >= 11 is 0. The summed E-state index contributed by atoms with van der Waals surface area (Å²) in [6.07, 6.45) is 5.12. The summed E-state index contributed by atoms with van der Waals surface area (Å²) in [5, 5.41) is 4.68. The van der Waals surface area contributed by atoms with Crippen LogP contribution in [0.4, 0.5) is 0 Å². The molecule has 0 bridgehead atoms. The molecule has 1 aliphatic carbocycles. The third-order valence-electron chi connectivity index (χ3n) is 5.50. The van der Waals surface area contributed by atoms with Gasteiger partial charge in [0.2, 0.25) is 5.91 Å². The highest BCUT2D eigenvalue weighted by molar-refractivity contribution is 5.76. The lowest BCUT2D eigenvalue weighted by Crippen LogP contribution is -2.36. The largest absolute Gasteiger partial charge is 0.338 e. The number of nitrogens with zero attached hydrogens (tertiary/aromatic N) is 5. The Kier molecular flexibility index (Phi) is 4.06. The summed E-state index contributed by atoms with van der Waals surface area (Å²) in [5.74, 6) is 2.67. The fourth-order valence-electron chi connectivity index (χ4n) is 3.75. The second-order valence-electron chi connectivity index (χ2n) is 7.47. The van der Waals surface area contributed by atoms with Gasteiger partial charge in [-0.1, -0.05) is 13.8 Å². The van der Waals surface area contributed by atoms with Gasteiger partial charge >= 0.3 is 0 Å². The quantitative estimate of drug-likeness (QED) is 0.839. The minimum Gasteiger partial charge on any atom is -0.338 e. The van der Waals surface area contributed by atoms with Crippen LogP contribution >= 0.6 is 0 Å². The van der Waals surface area contributed by atoms with Crippen molar-refractivity contribution < 1.29 is 4.79 Å². The standard InChI is InChI=1S/C19H25N5O/c1-4-14-5-6-20-19(21-14)16-8-13(16)7-12(2)17-9-15-10-23(3)18(25)11-24(15)22-17/h5-6,9,12-13,16H,4,7-8,10-11H2,1-3H3. The molecule has 0 N–H and O–H groups in total. The van der Waals surface area contributed by atoms with Crippen LogP contribution in [-0.4, -0.2) is 37.6 Å². The van der Waals surface area contributed by atoms with Crippen LogP contribution in [0.2, 0.25) is 0 Å². The van der Waals surface area contributed by atoms with Crippen molar-refractivity contribution in [3.63, 3.8) is 0 Å². The minimum absolute atomic E-state index is 0.130. The van der Waals surface area contributed by atoms with Crippen LogP contribution in [0.1, 0.15) is 61.4 Å². The number of amides is 1. The van der Waals surface area contributed by atoms with E-state index >= 15 is 0 Å². The molecule has 3 atom stereocenters. The lowest BCUT2D eigenvalue weighted by atomic mass is 9.99. The predicted octanol–water partition coefficient (Wildman–Crippen LogP) is 2.50. The van der Waals surface area contributed by atoms with Crippen molar-refractivity contribution in [1.82, 2.24) is 24.6 Å². The number of likely N-dealkylation sites (N-methyl/N-ethyl adjacent to an activating group) is 1. The molecule has 2 aromatic rings. The van der Waals surface area contributed by atoms with E-state index in [4.69, 9.17) is 0 Å². The lowest BCUT2D eigenvalue weighted by Gasteiger charge is -2.23. The molecule has 1 amide bonds. The van der Waals surface area contributed by atoms with Gasteiger partial charge in [-0.25, -0.2) is 9.97 Å². The van der Waals surface area contributed by atoms with Gasteiger partial charge in [0.1, 0.15) is 12.4 Å². The summed E-state index contributed by atoms with van der Waals surface area (Å²) < 4.78 is 1.87. The Balaban J connectivity index is 1.41. The van der Waals surface area contributed by atoms with Gasteiger partial charge in [0.05, 0.1) is 17.9 Å². The summed E-state index contributed by atoms with van der Waals surface area (Å²) in [6, 6.07) is 4.16. The predicted molar refractivity (Wildman–Crippen MR) is 94.0 cm³/mol. The second-order valence-corrected chi connectivity index (χ2v) is 7.47. The van der Waals surface area contributed by atoms with Crippen LogP contribution < -0.4 is 0 Å². The van der Waals surface area contributed by atoms with Crippen LogP contribution in [0.25, 0.3) is 0 Å². The van der Waals surface area contributed by atoms with Crippen LogP contribution in [0.15, 0.2) is 18.3 Å². The second kappa shape index (κ2) is 6.24. The van der Waals surface area contributed by atoms with Crippen molar-refractivity contribution >= 4 is 5.91 Å². The first-order valence-electron chi connectivity index (χ1n) is 9.17. The number of aryl methyl sites for hydroxylation is 1. The number of carbonyl (C=O) groups excluding carboxylic acids is 1. The molecule has 0 aromatic carbocycles. The van der Waals surface area contributed by atoms with Gasteiger partial charge in [-0.05, 0) is 37.3 Å². The van der Waals surface area contributed by atoms with Crippen molar-refractivity contribution in [2.24, 2.45) is 5.92 Å². The van der Waals surface area contributed by atoms with E-state index in [9.17, 15) is 4.79 Å². The number of rotatable bonds is 5. The highest BCUT2D eigenvalue weighted by Gasteiger charge is 2.41. The van der Waals surface area contributed by atoms with E-state index in [0.29, 0.717) is 30.8 Å². The zero-order valence-electron chi connectivity index (χ0n) is 15.1. The van der Waals surface area contributed by atoms with Gasteiger partial charge in [0, 0.05) is 30.8 Å². The third-order valence-corrected chi connectivity index (χ3v) is 5.50. The number of fused-ring (bicyclic) bond motifs is 1. The molecule has 0 spiro atoms. The molecule has 1 fully saturated rings. The van der Waals surface area contributed by atoms with E-state index in [2.05, 4.69) is 35.0 Å². The van der Waals surface area contributed by atoms with Gasteiger partial charge in [0.25, 0.3) is 0 Å². The Morgan fingerprint density at radius 1 is 1.36 bits per heavy atom. The molecule has 1 aliphatic heterocycles. The summed E-state index contributed by atoms with van der Waals surface area (Å²) in [4.78, 5) is 22.7. The van der Waals surface area contributed by atoms with Crippen molar-refractivity contribution in [3.8, 4) is 0 Å². The van der Waals surface area contributed by atoms with Crippen LogP contribution in [0.5, 0.6) is 0 Å². The molecule has 2 aliphatic rings. The Morgan fingerprint density at radius 2 is 2.20 bits per heavy atom. The molecule has 6 nitrogen and oxygen atoms in total. The molecule has 1 saturated carbocycles. The number of aromatic nitrogens is 4. The van der Waals surface area contributed by atoms with E-state index in [1.807, 2.05) is 24.0 Å². The Labute approximate surface area is 148 Å². The van der Waals surface area contributed by atoms with Gasteiger partial charge < -0.3 is 4.90 Å². The first kappa shape index (κ1) is 16.2. The maximum absolute atomic E-state index is 11.8. The highest BCUT2D eigenvalue weighted by atomic mass is 16.2. The minimum atomic E-state index is 0.130. The monoisotopic (exact) mass is 339 g/mol. The highest BCUT2D eigenvalue weighted by Crippen LogP contribution is 2.50. The molecule has 3 heterocycles. The molecule has 0 radical (unpaired) electrons. The Bertz CT molecular complexity index is 799. The van der Waals surface area contributed by atoms with Crippen molar-refractivity contribution in [2.45, 2.75) is 58.0 Å². The van der Waals surface area contributed by atoms with Gasteiger partial charge in [0.15, 0.2) is 0 Å². The SMILES string of the molecule is CCc1ccnc(C2CC2CC(C)c2cc3n(n2)CC(=O)N(C)C3)n1. The fraction of sp³-hybridized carbons (Fsp3) is 0.579. The summed E-state index contributed by atoms with van der Waals surface area (Å²) in [7, 11) is 1.85. The molecule has 25 heavy (non-hydrogen) atoms. The first-order valence-corrected chi connectivity index (χ1v) is 9.17. The van der Waals surface area contributed by atoms with Gasteiger partial charge in [-0.15, -0.1) is 0 Å². The van der Waals surface area contributed by atoms with Crippen LogP contribution in [0, 0.1) is 5.92 Å². The zero-order chi connectivity index (χ0) is 17.6. The van der Waals surface area contributed by atoms with Gasteiger partial charge in [-0.2, -0.15) is 5.10 Å². The van der Waals surface area contributed by atoms with Crippen LogP contribution in [0.3, 0.4) is 0 Å². The molecule has 4 rings (SSSR count). The maximum Gasteiger partial charge on any atom is 0.244 e. The maximum atomic E-state index is 11.8. The lowest BCUT2D eigenvalue weighted by molar-refractivity contribution is -0.132. The molecule has 6 heteroatoms. The Morgan fingerprint density at radius 3 is 3.00 bits per heavy atom. The average molecular weight is 339 g/mol. The van der Waals surface area contributed by atoms with Crippen LogP contribution in [-0.2, 0) is 24.3 Å². The molecular weight excluding hydrogens is 314 g/mol. The Hall–Kier alpha value is -2.24. The van der Waals surface area contributed by atoms with Crippen molar-refractivity contribution in [2.75, 3.05) is 7.05 Å². The molecular formula is C19H25N5O. The number of hydrogen-bond acceptors (Lipinski definition) is 4. The molecule has 0 saturated heterocycles. The number of carbonyl (C=O) groups is 1. The fourth-order valence-corrected chi connectivity index (χ4v) is 3.75.